The molecule has 0 amide bonds. The zero-order valence-electron chi connectivity index (χ0n) is 7.73. The van der Waals surface area contributed by atoms with Gasteiger partial charge in [-0.25, -0.2) is 4.68 Å². The van der Waals surface area contributed by atoms with Crippen LogP contribution in [0, 0.1) is 0 Å². The number of hydrogen-bond acceptors (Lipinski definition) is 4. The third-order valence-electron chi connectivity index (χ3n) is 2.17. The molecular weight excluding hydrogens is 168 g/mol. The van der Waals surface area contributed by atoms with Crippen molar-refractivity contribution < 1.29 is 4.74 Å². The molecule has 2 rings (SSSR count). The summed E-state index contributed by atoms with van der Waals surface area (Å²) in [4.78, 5) is 4.23. The zero-order chi connectivity index (χ0) is 9.26. The van der Waals surface area contributed by atoms with Crippen LogP contribution in [-0.2, 0) is 6.54 Å². The van der Waals surface area contributed by atoms with E-state index in [2.05, 4.69) is 10.1 Å². The molecule has 0 spiro atoms. The Kier molecular flexibility index (Phi) is 2.18. The van der Waals surface area contributed by atoms with Gasteiger partial charge in [-0.3, -0.25) is 0 Å². The number of aryl methyl sites for hydroxylation is 1. The second kappa shape index (κ2) is 3.33. The van der Waals surface area contributed by atoms with E-state index in [0.717, 1.165) is 26.0 Å². The molecule has 1 aromatic heterocycles. The number of hydrogen-bond donors (Lipinski definition) is 1. The number of nitrogens with zero attached hydrogens (tertiary/aromatic N) is 3. The second-order valence-corrected chi connectivity index (χ2v) is 3.19. The van der Waals surface area contributed by atoms with E-state index in [1.54, 1.807) is 4.68 Å². The maximum atomic E-state index is 5.81. The molecule has 0 bridgehead atoms. The maximum absolute atomic E-state index is 5.81. The standard InChI is InChI=1S/C8H14N4O/c1-2-6(9)7-10-8-12(11-7)4-3-5-13-8/h6H,2-5,9H2,1H3. The van der Waals surface area contributed by atoms with E-state index >= 15 is 0 Å². The summed E-state index contributed by atoms with van der Waals surface area (Å²) in [5.41, 5.74) is 5.81. The molecular formula is C8H14N4O. The van der Waals surface area contributed by atoms with Crippen LogP contribution in [0.2, 0.25) is 0 Å². The number of ether oxygens (including phenoxy) is 1. The largest absolute Gasteiger partial charge is 0.464 e. The lowest BCUT2D eigenvalue weighted by Crippen LogP contribution is -2.15. The fourth-order valence-corrected chi connectivity index (χ4v) is 1.31. The van der Waals surface area contributed by atoms with E-state index in [-0.39, 0.29) is 6.04 Å². The second-order valence-electron chi connectivity index (χ2n) is 3.19. The first-order chi connectivity index (χ1) is 6.31. The van der Waals surface area contributed by atoms with E-state index in [9.17, 15) is 0 Å². The molecule has 0 aromatic carbocycles. The number of fused-ring (bicyclic) bond motifs is 1. The molecule has 0 radical (unpaired) electrons. The summed E-state index contributed by atoms with van der Waals surface area (Å²) in [6, 6.07) is 0.548. The maximum Gasteiger partial charge on any atom is 0.315 e. The molecule has 1 aromatic rings. The number of rotatable bonds is 2. The minimum absolute atomic E-state index is 0.0679. The van der Waals surface area contributed by atoms with Crippen LogP contribution in [0.3, 0.4) is 0 Å². The highest BCUT2D eigenvalue weighted by Gasteiger charge is 2.17. The van der Waals surface area contributed by atoms with Gasteiger partial charge in [0.15, 0.2) is 5.82 Å². The molecule has 2 heterocycles. The van der Waals surface area contributed by atoms with E-state index in [1.165, 1.54) is 0 Å². The Bertz CT molecular complexity index is 273. The average molecular weight is 182 g/mol. The van der Waals surface area contributed by atoms with Crippen molar-refractivity contribution in [1.82, 2.24) is 14.8 Å². The molecule has 1 unspecified atom stereocenters. The summed E-state index contributed by atoms with van der Waals surface area (Å²) in [5.74, 6) is 0.694. The lowest BCUT2D eigenvalue weighted by atomic mass is 10.2. The Hall–Kier alpha value is -1.10. The molecule has 1 aliphatic rings. The van der Waals surface area contributed by atoms with Crippen LogP contribution in [0.1, 0.15) is 31.6 Å². The Morgan fingerprint density at radius 1 is 1.69 bits per heavy atom. The minimum Gasteiger partial charge on any atom is -0.464 e. The molecule has 0 fully saturated rings. The van der Waals surface area contributed by atoms with E-state index in [1.807, 2.05) is 6.92 Å². The lowest BCUT2D eigenvalue weighted by Gasteiger charge is -2.11. The van der Waals surface area contributed by atoms with Crippen molar-refractivity contribution in [3.05, 3.63) is 5.82 Å². The van der Waals surface area contributed by atoms with Crippen LogP contribution < -0.4 is 10.5 Å². The molecule has 5 heteroatoms. The third-order valence-corrected chi connectivity index (χ3v) is 2.17. The highest BCUT2D eigenvalue weighted by Crippen LogP contribution is 2.17. The Morgan fingerprint density at radius 3 is 3.23 bits per heavy atom. The topological polar surface area (TPSA) is 66.0 Å². The zero-order valence-corrected chi connectivity index (χ0v) is 7.73. The minimum atomic E-state index is -0.0679. The smallest absolute Gasteiger partial charge is 0.315 e. The Morgan fingerprint density at radius 2 is 2.54 bits per heavy atom. The molecule has 1 atom stereocenters. The van der Waals surface area contributed by atoms with E-state index in [0.29, 0.717) is 11.8 Å². The molecule has 0 aliphatic carbocycles. The normalized spacial score (nSPS) is 17.7. The van der Waals surface area contributed by atoms with Crippen molar-refractivity contribution in [1.29, 1.82) is 0 Å². The van der Waals surface area contributed by atoms with Crippen molar-refractivity contribution in [2.45, 2.75) is 32.4 Å². The van der Waals surface area contributed by atoms with Gasteiger partial charge < -0.3 is 10.5 Å². The van der Waals surface area contributed by atoms with E-state index < -0.39 is 0 Å². The molecule has 0 saturated carbocycles. The number of nitrogens with two attached hydrogens (primary N) is 1. The average Bonchev–Trinajstić information content (AvgIpc) is 2.59. The molecule has 13 heavy (non-hydrogen) atoms. The van der Waals surface area contributed by atoms with Crippen LogP contribution in [0.4, 0.5) is 0 Å². The highest BCUT2D eigenvalue weighted by molar-refractivity contribution is 5.03. The van der Waals surface area contributed by atoms with Gasteiger partial charge in [-0.15, -0.1) is 0 Å². The molecule has 0 saturated heterocycles. The third kappa shape index (κ3) is 1.51. The predicted octanol–water partition coefficient (Wildman–Crippen LogP) is 0.470. The summed E-state index contributed by atoms with van der Waals surface area (Å²) in [6.45, 7) is 3.64. The molecule has 5 nitrogen and oxygen atoms in total. The summed E-state index contributed by atoms with van der Waals surface area (Å²) >= 11 is 0. The van der Waals surface area contributed by atoms with Crippen LogP contribution in [0.25, 0.3) is 0 Å². The van der Waals surface area contributed by atoms with Gasteiger partial charge in [0, 0.05) is 13.0 Å². The Balaban J connectivity index is 2.25. The SMILES string of the molecule is CCC(N)c1nc2n(n1)CCCO2. The van der Waals surface area contributed by atoms with Gasteiger partial charge in [0.1, 0.15) is 0 Å². The van der Waals surface area contributed by atoms with Crippen LogP contribution in [-0.4, -0.2) is 21.4 Å². The van der Waals surface area contributed by atoms with Crippen molar-refractivity contribution in [2.24, 2.45) is 5.73 Å². The van der Waals surface area contributed by atoms with Gasteiger partial charge in [0.05, 0.1) is 12.6 Å². The highest BCUT2D eigenvalue weighted by atomic mass is 16.5. The summed E-state index contributed by atoms with van der Waals surface area (Å²) in [7, 11) is 0. The summed E-state index contributed by atoms with van der Waals surface area (Å²) < 4.78 is 7.12. The van der Waals surface area contributed by atoms with Gasteiger partial charge in [-0.2, -0.15) is 10.1 Å². The fraction of sp³-hybridized carbons (Fsp3) is 0.750. The van der Waals surface area contributed by atoms with Crippen LogP contribution in [0.5, 0.6) is 6.01 Å². The van der Waals surface area contributed by atoms with Crippen LogP contribution in [0.15, 0.2) is 0 Å². The van der Waals surface area contributed by atoms with Crippen molar-refractivity contribution in [2.75, 3.05) is 6.61 Å². The molecule has 72 valence electrons. The first kappa shape index (κ1) is 8.50. The molecule has 1 aliphatic heterocycles. The Labute approximate surface area is 76.9 Å². The summed E-state index contributed by atoms with van der Waals surface area (Å²) in [5, 5.41) is 4.28. The van der Waals surface area contributed by atoms with Gasteiger partial charge in [0.2, 0.25) is 0 Å². The fourth-order valence-electron chi connectivity index (χ4n) is 1.31. The first-order valence-corrected chi connectivity index (χ1v) is 4.64. The molecule has 2 N–H and O–H groups in total. The summed E-state index contributed by atoms with van der Waals surface area (Å²) in [6.07, 6.45) is 1.85. The van der Waals surface area contributed by atoms with Crippen molar-refractivity contribution >= 4 is 0 Å². The van der Waals surface area contributed by atoms with Gasteiger partial charge in [-0.05, 0) is 6.42 Å². The number of aromatic nitrogens is 3. The van der Waals surface area contributed by atoms with Gasteiger partial charge in [0.25, 0.3) is 0 Å². The van der Waals surface area contributed by atoms with Crippen LogP contribution >= 0.6 is 0 Å². The lowest BCUT2D eigenvalue weighted by molar-refractivity contribution is 0.221. The predicted molar refractivity (Wildman–Crippen MR) is 47.4 cm³/mol. The van der Waals surface area contributed by atoms with Gasteiger partial charge in [-0.1, -0.05) is 6.92 Å². The van der Waals surface area contributed by atoms with Crippen molar-refractivity contribution in [3.8, 4) is 6.01 Å². The monoisotopic (exact) mass is 182 g/mol. The van der Waals surface area contributed by atoms with Crippen molar-refractivity contribution in [3.63, 3.8) is 0 Å². The quantitative estimate of drug-likeness (QED) is 0.722. The first-order valence-electron chi connectivity index (χ1n) is 4.64. The van der Waals surface area contributed by atoms with Gasteiger partial charge >= 0.3 is 6.01 Å². The van der Waals surface area contributed by atoms with E-state index in [4.69, 9.17) is 10.5 Å².